The first-order valence-corrected chi connectivity index (χ1v) is 7.75. The van der Waals surface area contributed by atoms with Crippen molar-refractivity contribution in [3.8, 4) is 0 Å². The average molecular weight is 342 g/mol. The number of aryl methyl sites for hydroxylation is 2. The van der Waals surface area contributed by atoms with Crippen molar-refractivity contribution >= 4 is 34.7 Å². The summed E-state index contributed by atoms with van der Waals surface area (Å²) in [6.07, 6.45) is 3.08. The molecule has 0 atom stereocenters. The summed E-state index contributed by atoms with van der Waals surface area (Å²) in [6.45, 7) is 3.99. The first-order chi connectivity index (χ1) is 11.5. The number of amides is 1. The highest BCUT2D eigenvalue weighted by Crippen LogP contribution is 2.30. The summed E-state index contributed by atoms with van der Waals surface area (Å²) in [5.74, 6) is 0.334. The molecule has 1 amide bonds. The highest BCUT2D eigenvalue weighted by molar-refractivity contribution is 6.33. The second-order valence-electron chi connectivity index (χ2n) is 5.43. The second kappa shape index (κ2) is 6.76. The van der Waals surface area contributed by atoms with Crippen LogP contribution in [0.15, 0.2) is 53.3 Å². The molecule has 6 heteroatoms. The van der Waals surface area contributed by atoms with Crippen LogP contribution in [0, 0.1) is 13.8 Å². The summed E-state index contributed by atoms with van der Waals surface area (Å²) in [5, 5.41) is 6.57. The van der Waals surface area contributed by atoms with Crippen molar-refractivity contribution in [2.45, 2.75) is 13.8 Å². The van der Waals surface area contributed by atoms with E-state index in [2.05, 4.69) is 21.7 Å². The Morgan fingerprint density at radius 1 is 1.21 bits per heavy atom. The number of benzene rings is 1. The molecule has 0 aliphatic carbocycles. The first-order valence-electron chi connectivity index (χ1n) is 7.37. The van der Waals surface area contributed by atoms with E-state index in [9.17, 15) is 4.79 Å². The first kappa shape index (κ1) is 16.1. The highest BCUT2D eigenvalue weighted by atomic mass is 35.5. The van der Waals surface area contributed by atoms with Gasteiger partial charge in [-0.25, -0.2) is 4.98 Å². The molecule has 0 bridgehead atoms. The van der Waals surface area contributed by atoms with E-state index >= 15 is 0 Å². The maximum absolute atomic E-state index is 11.9. The van der Waals surface area contributed by atoms with Gasteiger partial charge in [0.05, 0.1) is 28.9 Å². The minimum absolute atomic E-state index is 0.237. The zero-order valence-electron chi connectivity index (χ0n) is 13.3. The lowest BCUT2D eigenvalue weighted by Crippen LogP contribution is -2.11. The molecular weight excluding hydrogens is 326 g/mol. The van der Waals surface area contributed by atoms with Gasteiger partial charge in [-0.2, -0.15) is 0 Å². The monoisotopic (exact) mass is 341 g/mol. The molecule has 0 fully saturated rings. The summed E-state index contributed by atoms with van der Waals surface area (Å²) in [5.41, 5.74) is 3.78. The van der Waals surface area contributed by atoms with Crippen LogP contribution in [0.3, 0.4) is 0 Å². The van der Waals surface area contributed by atoms with Gasteiger partial charge in [0.15, 0.2) is 5.76 Å². The van der Waals surface area contributed by atoms with E-state index in [0.29, 0.717) is 10.8 Å². The molecule has 0 spiro atoms. The van der Waals surface area contributed by atoms with Crippen LogP contribution in [0.5, 0.6) is 0 Å². The van der Waals surface area contributed by atoms with E-state index in [1.165, 1.54) is 6.26 Å². The van der Waals surface area contributed by atoms with Gasteiger partial charge < -0.3 is 15.1 Å². The largest absolute Gasteiger partial charge is 0.459 e. The Balaban J connectivity index is 1.72. The standard InChI is InChI=1S/C18H16ClN3O2/c1-11-8-12(2)17(14(19)9-11)21-13-5-6-16(20-10-13)22-18(23)15-4-3-7-24-15/h3-10,21H,1-2H3,(H,20,22,23). The normalized spacial score (nSPS) is 10.5. The van der Waals surface area contributed by atoms with E-state index in [0.717, 1.165) is 22.5 Å². The summed E-state index contributed by atoms with van der Waals surface area (Å²) in [7, 11) is 0. The third-order valence-corrected chi connectivity index (χ3v) is 3.75. The lowest BCUT2D eigenvalue weighted by molar-refractivity contribution is 0.0996. The molecule has 122 valence electrons. The Morgan fingerprint density at radius 3 is 2.67 bits per heavy atom. The highest BCUT2D eigenvalue weighted by Gasteiger charge is 2.10. The third-order valence-electron chi connectivity index (χ3n) is 3.45. The fraction of sp³-hybridized carbons (Fsp3) is 0.111. The molecule has 2 aromatic heterocycles. The van der Waals surface area contributed by atoms with E-state index in [-0.39, 0.29) is 11.7 Å². The summed E-state index contributed by atoms with van der Waals surface area (Å²) >= 11 is 6.29. The SMILES string of the molecule is Cc1cc(C)c(Nc2ccc(NC(=O)c3ccco3)nc2)c(Cl)c1. The lowest BCUT2D eigenvalue weighted by atomic mass is 10.1. The molecule has 24 heavy (non-hydrogen) atoms. The number of pyridine rings is 1. The van der Waals surface area contributed by atoms with Gasteiger partial charge in [0, 0.05) is 0 Å². The Morgan fingerprint density at radius 2 is 2.04 bits per heavy atom. The fourth-order valence-electron chi connectivity index (χ4n) is 2.35. The van der Waals surface area contributed by atoms with E-state index in [1.54, 1.807) is 24.4 Å². The van der Waals surface area contributed by atoms with Crippen LogP contribution in [0.25, 0.3) is 0 Å². The zero-order chi connectivity index (χ0) is 17.1. The van der Waals surface area contributed by atoms with E-state index in [1.807, 2.05) is 26.0 Å². The summed E-state index contributed by atoms with van der Waals surface area (Å²) in [4.78, 5) is 16.1. The van der Waals surface area contributed by atoms with Crippen molar-refractivity contribution in [2.75, 3.05) is 10.6 Å². The van der Waals surface area contributed by atoms with E-state index in [4.69, 9.17) is 16.0 Å². The second-order valence-corrected chi connectivity index (χ2v) is 5.83. The fourth-order valence-corrected chi connectivity index (χ4v) is 2.71. The number of carbonyl (C=O) groups is 1. The molecule has 5 nitrogen and oxygen atoms in total. The van der Waals surface area contributed by atoms with Crippen molar-refractivity contribution < 1.29 is 9.21 Å². The van der Waals surface area contributed by atoms with Crippen molar-refractivity contribution in [1.29, 1.82) is 0 Å². The van der Waals surface area contributed by atoms with Crippen LogP contribution in [-0.4, -0.2) is 10.9 Å². The van der Waals surface area contributed by atoms with Gasteiger partial charge >= 0.3 is 0 Å². The Labute approximate surface area is 144 Å². The maximum Gasteiger partial charge on any atom is 0.292 e. The minimum atomic E-state index is -0.342. The van der Waals surface area contributed by atoms with Crippen molar-refractivity contribution in [2.24, 2.45) is 0 Å². The molecule has 3 rings (SSSR count). The van der Waals surface area contributed by atoms with Gasteiger partial charge in [-0.1, -0.05) is 17.7 Å². The van der Waals surface area contributed by atoms with Crippen LogP contribution in [0.1, 0.15) is 21.7 Å². The number of nitrogens with zero attached hydrogens (tertiary/aromatic N) is 1. The number of nitrogens with one attached hydrogen (secondary N) is 2. The Hall–Kier alpha value is -2.79. The molecule has 0 radical (unpaired) electrons. The molecule has 0 aliphatic heterocycles. The van der Waals surface area contributed by atoms with Crippen LogP contribution in [0.2, 0.25) is 5.02 Å². The Kier molecular flexibility index (Phi) is 4.53. The molecule has 0 saturated carbocycles. The van der Waals surface area contributed by atoms with Crippen LogP contribution < -0.4 is 10.6 Å². The Bertz CT molecular complexity index is 835. The maximum atomic E-state index is 11.9. The van der Waals surface area contributed by atoms with E-state index < -0.39 is 0 Å². The number of rotatable bonds is 4. The smallest absolute Gasteiger partial charge is 0.292 e. The van der Waals surface area contributed by atoms with Crippen LogP contribution in [-0.2, 0) is 0 Å². The van der Waals surface area contributed by atoms with Crippen molar-refractivity contribution in [3.63, 3.8) is 0 Å². The summed E-state index contributed by atoms with van der Waals surface area (Å²) < 4.78 is 5.04. The number of halogens is 1. The van der Waals surface area contributed by atoms with Gasteiger partial charge in [-0.3, -0.25) is 4.79 Å². The predicted octanol–water partition coefficient (Wildman–Crippen LogP) is 4.94. The topological polar surface area (TPSA) is 67.2 Å². The molecular formula is C18H16ClN3O2. The van der Waals surface area contributed by atoms with Crippen LogP contribution in [0.4, 0.5) is 17.2 Å². The van der Waals surface area contributed by atoms with Crippen LogP contribution >= 0.6 is 11.6 Å². The van der Waals surface area contributed by atoms with Crippen molar-refractivity contribution in [3.05, 3.63) is 70.8 Å². The molecule has 2 heterocycles. The molecule has 0 unspecified atom stereocenters. The summed E-state index contributed by atoms with van der Waals surface area (Å²) in [6, 6.07) is 10.7. The number of hydrogen-bond acceptors (Lipinski definition) is 4. The number of carbonyl (C=O) groups excluding carboxylic acids is 1. The van der Waals surface area contributed by atoms with Gasteiger partial charge in [0.25, 0.3) is 5.91 Å². The molecule has 0 aliphatic rings. The van der Waals surface area contributed by atoms with Gasteiger partial charge in [0.1, 0.15) is 5.82 Å². The van der Waals surface area contributed by atoms with Gasteiger partial charge in [0.2, 0.25) is 0 Å². The lowest BCUT2D eigenvalue weighted by Gasteiger charge is -2.13. The minimum Gasteiger partial charge on any atom is -0.459 e. The van der Waals surface area contributed by atoms with Crippen molar-refractivity contribution in [1.82, 2.24) is 4.98 Å². The molecule has 2 N–H and O–H groups in total. The van der Waals surface area contributed by atoms with Gasteiger partial charge in [-0.05, 0) is 55.3 Å². The number of furan rings is 1. The number of anilines is 3. The number of hydrogen-bond donors (Lipinski definition) is 2. The van der Waals surface area contributed by atoms with Gasteiger partial charge in [-0.15, -0.1) is 0 Å². The molecule has 1 aromatic carbocycles. The molecule has 0 saturated heterocycles. The zero-order valence-corrected chi connectivity index (χ0v) is 14.0. The third kappa shape index (κ3) is 3.58. The average Bonchev–Trinajstić information content (AvgIpc) is 3.07. The number of aromatic nitrogens is 1. The quantitative estimate of drug-likeness (QED) is 0.705. The predicted molar refractivity (Wildman–Crippen MR) is 95.1 cm³/mol. The molecule has 3 aromatic rings.